The highest BCUT2D eigenvalue weighted by molar-refractivity contribution is 5.78. The molecule has 0 aliphatic rings. The molecule has 4 nitrogen and oxygen atoms in total. The van der Waals surface area contributed by atoms with Crippen LogP contribution >= 0.6 is 0 Å². The number of nitrogens with zero attached hydrogens (tertiary/aromatic N) is 2. The monoisotopic (exact) mass is 230 g/mol. The van der Waals surface area contributed by atoms with E-state index in [1.165, 1.54) is 4.57 Å². The number of aromatic nitrogens is 2. The van der Waals surface area contributed by atoms with Gasteiger partial charge in [0.1, 0.15) is 0 Å². The Morgan fingerprint density at radius 3 is 2.88 bits per heavy atom. The second kappa shape index (κ2) is 4.41. The Balaban J connectivity index is 2.70. The van der Waals surface area contributed by atoms with E-state index in [-0.39, 0.29) is 5.56 Å². The molecule has 17 heavy (non-hydrogen) atoms. The molecule has 1 aromatic carbocycles. The zero-order valence-corrected chi connectivity index (χ0v) is 9.93. The molecule has 2 rings (SSSR count). The second-order valence-electron chi connectivity index (χ2n) is 3.67. The summed E-state index contributed by atoms with van der Waals surface area (Å²) in [5.74, 6) is 0.883. The average molecular weight is 230 g/mol. The number of hydrogen-bond donors (Lipinski definition) is 0. The quantitative estimate of drug-likeness (QED) is 0.757. The van der Waals surface area contributed by atoms with Gasteiger partial charge in [0, 0.05) is 7.05 Å². The maximum atomic E-state index is 12.1. The highest BCUT2D eigenvalue weighted by atomic mass is 16.5. The topological polar surface area (TPSA) is 44.1 Å². The number of fused-ring (bicyclic) bond motifs is 1. The third-order valence-corrected chi connectivity index (χ3v) is 2.55. The van der Waals surface area contributed by atoms with Gasteiger partial charge in [-0.2, -0.15) is 0 Å². The summed E-state index contributed by atoms with van der Waals surface area (Å²) >= 11 is 0. The predicted octanol–water partition coefficient (Wildman–Crippen LogP) is 1.94. The minimum Gasteiger partial charge on any atom is -0.491 e. The van der Waals surface area contributed by atoms with Crippen LogP contribution in [-0.2, 0) is 11.8 Å². The maximum Gasteiger partial charge on any atom is 0.261 e. The van der Waals surface area contributed by atoms with Gasteiger partial charge in [-0.05, 0) is 19.1 Å². The first-order valence-electron chi connectivity index (χ1n) is 5.43. The highest BCUT2D eigenvalue weighted by Crippen LogP contribution is 2.13. The number of rotatable bonds is 3. The third-order valence-electron chi connectivity index (χ3n) is 2.55. The predicted molar refractivity (Wildman–Crippen MR) is 67.6 cm³/mol. The molecule has 0 saturated carbocycles. The molecule has 0 atom stereocenters. The lowest BCUT2D eigenvalue weighted by atomic mass is 10.2. The number of hydrogen-bond acceptors (Lipinski definition) is 3. The molecule has 1 heterocycles. The van der Waals surface area contributed by atoms with Gasteiger partial charge in [-0.3, -0.25) is 9.36 Å². The molecule has 0 N–H and O–H groups in total. The lowest BCUT2D eigenvalue weighted by molar-refractivity contribution is 0.294. The fourth-order valence-electron chi connectivity index (χ4n) is 1.71. The van der Waals surface area contributed by atoms with E-state index < -0.39 is 0 Å². The van der Waals surface area contributed by atoms with E-state index in [1.54, 1.807) is 19.2 Å². The van der Waals surface area contributed by atoms with Crippen molar-refractivity contribution in [3.05, 3.63) is 47.0 Å². The summed E-state index contributed by atoms with van der Waals surface area (Å²) < 4.78 is 6.75. The summed E-state index contributed by atoms with van der Waals surface area (Å²) in [6, 6.07) is 7.24. The minimum absolute atomic E-state index is 0.0912. The first-order chi connectivity index (χ1) is 8.15. The van der Waals surface area contributed by atoms with E-state index in [1.807, 2.05) is 19.1 Å². The molecule has 0 spiro atoms. The van der Waals surface area contributed by atoms with Crippen molar-refractivity contribution >= 4 is 16.7 Å². The summed E-state index contributed by atoms with van der Waals surface area (Å²) in [4.78, 5) is 16.5. The van der Waals surface area contributed by atoms with E-state index in [0.29, 0.717) is 29.1 Å². The Morgan fingerprint density at radius 1 is 1.47 bits per heavy atom. The lowest BCUT2D eigenvalue weighted by Gasteiger charge is -2.11. The number of ether oxygens (including phenoxy) is 1. The van der Waals surface area contributed by atoms with Crippen LogP contribution in [0.1, 0.15) is 12.7 Å². The smallest absolute Gasteiger partial charge is 0.261 e. The van der Waals surface area contributed by atoms with Gasteiger partial charge < -0.3 is 4.74 Å². The Labute approximate surface area is 99.2 Å². The van der Waals surface area contributed by atoms with Gasteiger partial charge in [-0.1, -0.05) is 18.7 Å². The van der Waals surface area contributed by atoms with E-state index in [2.05, 4.69) is 11.6 Å². The maximum absolute atomic E-state index is 12.1. The van der Waals surface area contributed by atoms with Crippen molar-refractivity contribution in [2.45, 2.75) is 6.92 Å². The molecule has 0 bridgehead atoms. The Morgan fingerprint density at radius 2 is 2.18 bits per heavy atom. The number of para-hydroxylation sites is 1. The van der Waals surface area contributed by atoms with Gasteiger partial charge in [0.2, 0.25) is 0 Å². The molecule has 1 aromatic heterocycles. The molecule has 0 aliphatic heterocycles. The summed E-state index contributed by atoms with van der Waals surface area (Å²) in [6.07, 6.45) is 0. The van der Waals surface area contributed by atoms with E-state index in [0.717, 1.165) is 0 Å². The summed E-state index contributed by atoms with van der Waals surface area (Å²) in [5, 5.41) is 0.600. The molecule has 2 aromatic rings. The third kappa shape index (κ3) is 1.93. The largest absolute Gasteiger partial charge is 0.491 e. The van der Waals surface area contributed by atoms with Crippen LogP contribution in [0.4, 0.5) is 0 Å². The van der Waals surface area contributed by atoms with Crippen molar-refractivity contribution in [1.29, 1.82) is 0 Å². The van der Waals surface area contributed by atoms with Gasteiger partial charge in [-0.25, -0.2) is 4.98 Å². The molecular weight excluding hydrogens is 216 g/mol. The molecule has 0 saturated heterocycles. The van der Waals surface area contributed by atoms with Gasteiger partial charge in [0.15, 0.2) is 11.6 Å². The molecule has 0 radical (unpaired) electrons. The zero-order chi connectivity index (χ0) is 12.4. The number of benzene rings is 1. The summed E-state index contributed by atoms with van der Waals surface area (Å²) in [7, 11) is 1.67. The van der Waals surface area contributed by atoms with Crippen LogP contribution in [0.5, 0.6) is 0 Å². The second-order valence-corrected chi connectivity index (χ2v) is 3.67. The fourth-order valence-corrected chi connectivity index (χ4v) is 1.71. The molecule has 88 valence electrons. The van der Waals surface area contributed by atoms with Gasteiger partial charge >= 0.3 is 0 Å². The van der Waals surface area contributed by atoms with Crippen LogP contribution in [0.3, 0.4) is 0 Å². The van der Waals surface area contributed by atoms with Crippen LogP contribution in [0, 0.1) is 0 Å². The zero-order valence-electron chi connectivity index (χ0n) is 9.93. The van der Waals surface area contributed by atoms with Gasteiger partial charge in [0.25, 0.3) is 5.56 Å². The van der Waals surface area contributed by atoms with E-state index in [9.17, 15) is 4.79 Å². The van der Waals surface area contributed by atoms with Crippen LogP contribution in [0.15, 0.2) is 35.6 Å². The van der Waals surface area contributed by atoms with Gasteiger partial charge in [-0.15, -0.1) is 0 Å². The van der Waals surface area contributed by atoms with Crippen molar-refractivity contribution in [2.24, 2.45) is 7.05 Å². The fraction of sp³-hybridized carbons (Fsp3) is 0.231. The Bertz CT molecular complexity index is 629. The van der Waals surface area contributed by atoms with E-state index in [4.69, 9.17) is 4.74 Å². The molecule has 0 unspecified atom stereocenters. The van der Waals surface area contributed by atoms with E-state index >= 15 is 0 Å². The van der Waals surface area contributed by atoms with Gasteiger partial charge in [0.05, 0.1) is 17.5 Å². The minimum atomic E-state index is -0.0912. The first-order valence-corrected chi connectivity index (χ1v) is 5.43. The van der Waals surface area contributed by atoms with Crippen molar-refractivity contribution < 1.29 is 4.74 Å². The SMILES string of the molecule is C=C(OCC)c1nc2ccccc2c(=O)n1C. The molecule has 0 amide bonds. The van der Waals surface area contributed by atoms with Crippen molar-refractivity contribution in [3.8, 4) is 0 Å². The van der Waals surface area contributed by atoms with Crippen molar-refractivity contribution in [1.82, 2.24) is 9.55 Å². The highest BCUT2D eigenvalue weighted by Gasteiger charge is 2.10. The molecule has 0 fully saturated rings. The van der Waals surface area contributed by atoms with Crippen LogP contribution in [0.2, 0.25) is 0 Å². The standard InChI is InChI=1S/C13H14N2O2/c1-4-17-9(2)12-14-11-8-6-5-7-10(11)13(16)15(12)3/h5-8H,2,4H2,1,3H3. The summed E-state index contributed by atoms with van der Waals surface area (Å²) in [6.45, 7) is 6.15. The van der Waals surface area contributed by atoms with Crippen molar-refractivity contribution in [2.75, 3.05) is 6.61 Å². The van der Waals surface area contributed by atoms with Crippen LogP contribution in [0.25, 0.3) is 16.7 Å². The Hall–Kier alpha value is -2.10. The average Bonchev–Trinajstić information content (AvgIpc) is 2.34. The lowest BCUT2D eigenvalue weighted by Crippen LogP contribution is -2.22. The van der Waals surface area contributed by atoms with Crippen LogP contribution in [-0.4, -0.2) is 16.2 Å². The molecule has 4 heteroatoms. The first kappa shape index (κ1) is 11.4. The normalized spacial score (nSPS) is 10.5. The van der Waals surface area contributed by atoms with Crippen LogP contribution < -0.4 is 5.56 Å². The van der Waals surface area contributed by atoms with Crippen molar-refractivity contribution in [3.63, 3.8) is 0 Å². The summed E-state index contributed by atoms with van der Waals surface area (Å²) in [5.41, 5.74) is 0.568. The molecular formula is C13H14N2O2. The molecule has 0 aliphatic carbocycles. The Kier molecular flexibility index (Phi) is 2.95.